The minimum Gasteiger partial charge on any atom is -0.493 e. The summed E-state index contributed by atoms with van der Waals surface area (Å²) in [6.45, 7) is 4.58. The molecular formula is C20H32N2O5S. The van der Waals surface area contributed by atoms with Gasteiger partial charge in [-0.05, 0) is 50.9 Å². The van der Waals surface area contributed by atoms with Crippen LogP contribution in [0.3, 0.4) is 0 Å². The Hall–Kier alpha value is -1.35. The van der Waals surface area contributed by atoms with E-state index in [2.05, 4.69) is 4.90 Å². The fraction of sp³-hybridized carbons (Fsp3) is 0.700. The molecular weight excluding hydrogens is 380 g/mol. The van der Waals surface area contributed by atoms with Crippen LogP contribution in [0.1, 0.15) is 32.1 Å². The fourth-order valence-electron chi connectivity index (χ4n) is 4.01. The molecule has 7 nitrogen and oxygen atoms in total. The maximum Gasteiger partial charge on any atom is 0.243 e. The second-order valence-corrected chi connectivity index (χ2v) is 9.27. The number of hydrogen-bond donors (Lipinski definition) is 0. The summed E-state index contributed by atoms with van der Waals surface area (Å²) in [6, 6.07) is 4.78. The molecule has 2 aliphatic heterocycles. The first kappa shape index (κ1) is 21.4. The van der Waals surface area contributed by atoms with Gasteiger partial charge in [0.15, 0.2) is 11.5 Å². The maximum atomic E-state index is 13.5. The number of piperidine rings is 1. The van der Waals surface area contributed by atoms with Crippen molar-refractivity contribution in [3.63, 3.8) is 0 Å². The minimum absolute atomic E-state index is 0.0309. The molecule has 2 heterocycles. The van der Waals surface area contributed by atoms with Crippen molar-refractivity contribution in [2.45, 2.75) is 43.0 Å². The van der Waals surface area contributed by atoms with Crippen molar-refractivity contribution >= 4 is 10.0 Å². The van der Waals surface area contributed by atoms with E-state index in [4.69, 9.17) is 14.2 Å². The molecule has 0 atom stereocenters. The standard InChI is InChI=1S/C20H32N2O5S/c1-25-19-7-6-18(16-20(19)26-2)28(23,24)22(17-8-14-27-15-9-17)13-12-21-10-4-3-5-11-21/h6-7,16-17H,3-5,8-15H2,1-2H3. The SMILES string of the molecule is COc1ccc(S(=O)(=O)N(CCN2CCCCC2)C2CCOCC2)cc1OC. The average Bonchev–Trinajstić information content (AvgIpc) is 2.74. The van der Waals surface area contributed by atoms with E-state index in [0.29, 0.717) is 31.3 Å². The van der Waals surface area contributed by atoms with Crippen molar-refractivity contribution in [2.24, 2.45) is 0 Å². The van der Waals surface area contributed by atoms with Gasteiger partial charge in [-0.1, -0.05) is 6.42 Å². The zero-order valence-corrected chi connectivity index (χ0v) is 17.7. The number of sulfonamides is 1. The van der Waals surface area contributed by atoms with E-state index in [1.54, 1.807) is 29.6 Å². The number of methoxy groups -OCH3 is 2. The van der Waals surface area contributed by atoms with Gasteiger partial charge in [0.25, 0.3) is 0 Å². The lowest BCUT2D eigenvalue weighted by molar-refractivity contribution is 0.0557. The van der Waals surface area contributed by atoms with Crippen molar-refractivity contribution in [1.82, 2.24) is 9.21 Å². The Morgan fingerprint density at radius 2 is 1.75 bits per heavy atom. The third kappa shape index (κ3) is 4.97. The number of likely N-dealkylation sites (tertiary alicyclic amines) is 1. The molecule has 8 heteroatoms. The van der Waals surface area contributed by atoms with Crippen molar-refractivity contribution < 1.29 is 22.6 Å². The molecule has 158 valence electrons. The number of ether oxygens (including phenoxy) is 3. The molecule has 0 aliphatic carbocycles. The number of nitrogens with zero attached hydrogens (tertiary/aromatic N) is 2. The van der Waals surface area contributed by atoms with Gasteiger partial charge in [-0.25, -0.2) is 8.42 Å². The first-order valence-electron chi connectivity index (χ1n) is 10.1. The summed E-state index contributed by atoms with van der Waals surface area (Å²) in [5.41, 5.74) is 0. The van der Waals surface area contributed by atoms with E-state index >= 15 is 0 Å². The average molecular weight is 413 g/mol. The highest BCUT2D eigenvalue weighted by atomic mass is 32.2. The molecule has 1 aromatic rings. The van der Waals surface area contributed by atoms with Crippen LogP contribution >= 0.6 is 0 Å². The predicted octanol–water partition coefficient (Wildman–Crippen LogP) is 2.36. The summed E-state index contributed by atoms with van der Waals surface area (Å²) in [5, 5.41) is 0. The van der Waals surface area contributed by atoms with E-state index in [0.717, 1.165) is 32.5 Å². The van der Waals surface area contributed by atoms with Gasteiger partial charge in [0.1, 0.15) is 0 Å². The van der Waals surface area contributed by atoms with E-state index in [9.17, 15) is 8.42 Å². The van der Waals surface area contributed by atoms with Crippen LogP contribution in [-0.2, 0) is 14.8 Å². The molecule has 0 spiro atoms. The van der Waals surface area contributed by atoms with Gasteiger partial charge in [-0.15, -0.1) is 0 Å². The van der Waals surface area contributed by atoms with Crippen molar-refractivity contribution in [2.75, 3.05) is 53.6 Å². The van der Waals surface area contributed by atoms with Crippen LogP contribution in [0.25, 0.3) is 0 Å². The van der Waals surface area contributed by atoms with E-state index < -0.39 is 10.0 Å². The Labute approximate surface area is 168 Å². The molecule has 2 aliphatic rings. The Kier molecular flexibility index (Phi) is 7.56. The molecule has 0 unspecified atom stereocenters. The second kappa shape index (κ2) is 9.91. The zero-order chi connectivity index (χ0) is 20.0. The Morgan fingerprint density at radius 3 is 2.39 bits per heavy atom. The molecule has 0 radical (unpaired) electrons. The highest BCUT2D eigenvalue weighted by Crippen LogP contribution is 2.32. The Morgan fingerprint density at radius 1 is 1.07 bits per heavy atom. The second-order valence-electron chi connectivity index (χ2n) is 7.38. The van der Waals surface area contributed by atoms with Crippen molar-refractivity contribution in [3.05, 3.63) is 18.2 Å². The van der Waals surface area contributed by atoms with Crippen LogP contribution in [0, 0.1) is 0 Å². The molecule has 0 N–H and O–H groups in total. The van der Waals surface area contributed by atoms with E-state index in [1.165, 1.54) is 26.4 Å². The van der Waals surface area contributed by atoms with Gasteiger partial charge in [0.2, 0.25) is 10.0 Å². The van der Waals surface area contributed by atoms with Crippen LogP contribution in [0.4, 0.5) is 0 Å². The third-order valence-electron chi connectivity index (χ3n) is 5.64. The largest absolute Gasteiger partial charge is 0.493 e. The van der Waals surface area contributed by atoms with Crippen molar-refractivity contribution in [1.29, 1.82) is 0 Å². The molecule has 2 saturated heterocycles. The van der Waals surface area contributed by atoms with Crippen LogP contribution in [0.5, 0.6) is 11.5 Å². The normalized spacial score (nSPS) is 19.7. The van der Waals surface area contributed by atoms with Crippen molar-refractivity contribution in [3.8, 4) is 11.5 Å². The molecule has 0 amide bonds. The quantitative estimate of drug-likeness (QED) is 0.653. The molecule has 0 saturated carbocycles. The molecule has 28 heavy (non-hydrogen) atoms. The van der Waals surface area contributed by atoms with E-state index in [-0.39, 0.29) is 10.9 Å². The fourth-order valence-corrected chi connectivity index (χ4v) is 5.70. The lowest BCUT2D eigenvalue weighted by Gasteiger charge is -2.35. The number of benzene rings is 1. The Bertz CT molecular complexity index is 728. The summed E-state index contributed by atoms with van der Waals surface area (Å²) in [6.07, 6.45) is 5.11. The van der Waals surface area contributed by atoms with Gasteiger partial charge in [-0.2, -0.15) is 4.31 Å². The summed E-state index contributed by atoms with van der Waals surface area (Å²) in [7, 11) is -0.588. The summed E-state index contributed by atoms with van der Waals surface area (Å²) < 4.78 is 44.8. The minimum atomic E-state index is -3.64. The van der Waals surface area contributed by atoms with Crippen LogP contribution in [0.2, 0.25) is 0 Å². The maximum absolute atomic E-state index is 13.5. The highest BCUT2D eigenvalue weighted by molar-refractivity contribution is 7.89. The highest BCUT2D eigenvalue weighted by Gasteiger charge is 2.33. The lowest BCUT2D eigenvalue weighted by Crippen LogP contribution is -2.47. The monoisotopic (exact) mass is 412 g/mol. The molecule has 2 fully saturated rings. The third-order valence-corrected chi connectivity index (χ3v) is 7.59. The Balaban J connectivity index is 1.84. The van der Waals surface area contributed by atoms with Gasteiger partial charge in [0.05, 0.1) is 19.1 Å². The lowest BCUT2D eigenvalue weighted by atomic mass is 10.1. The molecule has 0 bridgehead atoms. The van der Waals surface area contributed by atoms with Gasteiger partial charge < -0.3 is 19.1 Å². The molecule has 0 aromatic heterocycles. The van der Waals surface area contributed by atoms with Gasteiger partial charge in [-0.3, -0.25) is 0 Å². The number of hydrogen-bond acceptors (Lipinski definition) is 6. The molecule has 1 aromatic carbocycles. The summed E-state index contributed by atoms with van der Waals surface area (Å²) in [4.78, 5) is 2.62. The van der Waals surface area contributed by atoms with E-state index in [1.807, 2.05) is 0 Å². The first-order valence-corrected chi connectivity index (χ1v) is 11.5. The van der Waals surface area contributed by atoms with Gasteiger partial charge in [0, 0.05) is 38.4 Å². The smallest absolute Gasteiger partial charge is 0.243 e. The number of rotatable bonds is 8. The van der Waals surface area contributed by atoms with Gasteiger partial charge >= 0.3 is 0 Å². The molecule has 3 rings (SSSR count). The summed E-state index contributed by atoms with van der Waals surface area (Å²) in [5.74, 6) is 0.943. The topological polar surface area (TPSA) is 68.3 Å². The predicted molar refractivity (Wildman–Crippen MR) is 108 cm³/mol. The first-order chi connectivity index (χ1) is 13.6. The van der Waals surface area contributed by atoms with Crippen LogP contribution in [-0.4, -0.2) is 77.3 Å². The zero-order valence-electron chi connectivity index (χ0n) is 16.9. The van der Waals surface area contributed by atoms with Crippen LogP contribution in [0.15, 0.2) is 23.1 Å². The van der Waals surface area contributed by atoms with Crippen LogP contribution < -0.4 is 9.47 Å². The summed E-state index contributed by atoms with van der Waals surface area (Å²) >= 11 is 0.